The second-order valence-corrected chi connectivity index (χ2v) is 6.77. The van der Waals surface area contributed by atoms with Crippen LogP contribution in [0.25, 0.3) is 0 Å². The van der Waals surface area contributed by atoms with Gasteiger partial charge >= 0.3 is 0 Å². The van der Waals surface area contributed by atoms with Crippen LogP contribution >= 0.6 is 0 Å². The molecule has 0 aliphatic heterocycles. The van der Waals surface area contributed by atoms with Crippen molar-refractivity contribution in [3.8, 4) is 6.07 Å². The summed E-state index contributed by atoms with van der Waals surface area (Å²) in [5.41, 5.74) is -1.07. The molecule has 3 saturated carbocycles. The second-order valence-electron chi connectivity index (χ2n) is 6.77. The maximum Gasteiger partial charge on any atom is 0.0889 e. The van der Waals surface area contributed by atoms with E-state index in [0.717, 1.165) is 44.9 Å². The molecule has 2 unspecified atom stereocenters. The van der Waals surface area contributed by atoms with Gasteiger partial charge in [0.1, 0.15) is 0 Å². The largest absolute Gasteiger partial charge is 0.388 e. The first-order valence-electron chi connectivity index (χ1n) is 7.26. The lowest BCUT2D eigenvalue weighted by atomic mass is 9.58. The standard InChI is InChI=1S/C15H23NO/c1-11-3-2-8-14(9-11,10-16)15(17,12-4-5-12)13-6-7-13/h11-13,17H,2-9H2,1H3. The number of rotatable bonds is 3. The van der Waals surface area contributed by atoms with E-state index < -0.39 is 11.0 Å². The summed E-state index contributed by atoms with van der Waals surface area (Å²) in [7, 11) is 0. The van der Waals surface area contributed by atoms with Crippen molar-refractivity contribution in [1.82, 2.24) is 0 Å². The molecule has 2 heteroatoms. The van der Waals surface area contributed by atoms with E-state index >= 15 is 0 Å². The van der Waals surface area contributed by atoms with E-state index in [1.165, 1.54) is 6.42 Å². The summed E-state index contributed by atoms with van der Waals surface area (Å²) >= 11 is 0. The Bertz CT molecular complexity index is 338. The molecule has 0 aromatic carbocycles. The van der Waals surface area contributed by atoms with Crippen molar-refractivity contribution in [2.45, 2.75) is 63.9 Å². The van der Waals surface area contributed by atoms with Crippen LogP contribution in [-0.2, 0) is 0 Å². The molecule has 3 rings (SSSR count). The molecule has 0 saturated heterocycles. The summed E-state index contributed by atoms with van der Waals surface area (Å²) in [6, 6.07) is 2.58. The Morgan fingerprint density at radius 2 is 1.76 bits per heavy atom. The highest BCUT2D eigenvalue weighted by molar-refractivity contribution is 5.21. The normalized spacial score (nSPS) is 38.8. The van der Waals surface area contributed by atoms with Crippen LogP contribution in [-0.4, -0.2) is 10.7 Å². The predicted octanol–water partition coefficient (Wildman–Crippen LogP) is 3.26. The lowest BCUT2D eigenvalue weighted by Gasteiger charge is -2.47. The lowest BCUT2D eigenvalue weighted by molar-refractivity contribution is -0.114. The van der Waals surface area contributed by atoms with Crippen molar-refractivity contribution in [3.05, 3.63) is 0 Å². The number of nitriles is 1. The van der Waals surface area contributed by atoms with E-state index in [0.29, 0.717) is 17.8 Å². The van der Waals surface area contributed by atoms with Crippen LogP contribution in [0.1, 0.15) is 58.3 Å². The Morgan fingerprint density at radius 3 is 2.18 bits per heavy atom. The molecule has 3 aliphatic rings. The van der Waals surface area contributed by atoms with Gasteiger partial charge in [-0.25, -0.2) is 0 Å². The van der Waals surface area contributed by atoms with Gasteiger partial charge in [0, 0.05) is 0 Å². The highest BCUT2D eigenvalue weighted by Crippen LogP contribution is 2.63. The minimum Gasteiger partial charge on any atom is -0.388 e. The Morgan fingerprint density at radius 1 is 1.18 bits per heavy atom. The van der Waals surface area contributed by atoms with Gasteiger partial charge < -0.3 is 5.11 Å². The monoisotopic (exact) mass is 233 g/mol. The molecule has 2 atom stereocenters. The summed E-state index contributed by atoms with van der Waals surface area (Å²) in [4.78, 5) is 0. The topological polar surface area (TPSA) is 44.0 Å². The maximum atomic E-state index is 11.3. The van der Waals surface area contributed by atoms with Gasteiger partial charge in [-0.2, -0.15) is 5.26 Å². The molecule has 0 heterocycles. The van der Waals surface area contributed by atoms with Gasteiger partial charge in [0.2, 0.25) is 0 Å². The number of aliphatic hydroxyl groups is 1. The first kappa shape index (κ1) is 11.5. The molecule has 17 heavy (non-hydrogen) atoms. The number of nitrogens with zero attached hydrogens (tertiary/aromatic N) is 1. The fraction of sp³-hybridized carbons (Fsp3) is 0.933. The molecule has 0 spiro atoms. The van der Waals surface area contributed by atoms with E-state index in [-0.39, 0.29) is 0 Å². The van der Waals surface area contributed by atoms with Crippen LogP contribution in [0.5, 0.6) is 0 Å². The zero-order valence-corrected chi connectivity index (χ0v) is 10.8. The summed E-state index contributed by atoms with van der Waals surface area (Å²) in [5.74, 6) is 1.47. The van der Waals surface area contributed by atoms with E-state index in [1.807, 2.05) is 0 Å². The summed E-state index contributed by atoms with van der Waals surface area (Å²) in [5, 5.41) is 21.0. The zero-order valence-electron chi connectivity index (χ0n) is 10.8. The van der Waals surface area contributed by atoms with Crippen LogP contribution in [0.4, 0.5) is 0 Å². The Labute approximate surface area is 104 Å². The first-order valence-corrected chi connectivity index (χ1v) is 7.26. The fourth-order valence-electron chi connectivity index (χ4n) is 4.27. The van der Waals surface area contributed by atoms with Crippen molar-refractivity contribution in [2.24, 2.45) is 23.2 Å². The Hall–Kier alpha value is -0.550. The third-order valence-corrected chi connectivity index (χ3v) is 5.38. The van der Waals surface area contributed by atoms with Crippen LogP contribution in [0.3, 0.4) is 0 Å². The first-order chi connectivity index (χ1) is 8.12. The minimum absolute atomic E-state index is 0.424. The molecule has 0 bridgehead atoms. The quantitative estimate of drug-likeness (QED) is 0.813. The predicted molar refractivity (Wildman–Crippen MR) is 66.1 cm³/mol. The van der Waals surface area contributed by atoms with Crippen molar-refractivity contribution in [2.75, 3.05) is 0 Å². The maximum absolute atomic E-state index is 11.3. The molecule has 0 aromatic rings. The van der Waals surface area contributed by atoms with Gasteiger partial charge in [0.15, 0.2) is 0 Å². The summed E-state index contributed by atoms with van der Waals surface area (Å²) in [6.07, 6.45) is 8.78. The molecule has 0 radical (unpaired) electrons. The lowest BCUT2D eigenvalue weighted by Crippen LogP contribution is -2.53. The molecule has 3 fully saturated rings. The van der Waals surface area contributed by atoms with Gasteiger partial charge in [-0.3, -0.25) is 0 Å². The molecular weight excluding hydrogens is 210 g/mol. The third kappa shape index (κ3) is 1.63. The zero-order chi connectivity index (χ0) is 12.1. The number of hydrogen-bond donors (Lipinski definition) is 1. The van der Waals surface area contributed by atoms with Gasteiger partial charge in [-0.15, -0.1) is 0 Å². The Balaban J connectivity index is 1.94. The number of hydrogen-bond acceptors (Lipinski definition) is 2. The molecule has 0 amide bonds. The van der Waals surface area contributed by atoms with Crippen molar-refractivity contribution in [1.29, 1.82) is 5.26 Å². The SMILES string of the molecule is CC1CCCC(C#N)(C(O)(C2CC2)C2CC2)C1. The summed E-state index contributed by atoms with van der Waals surface area (Å²) in [6.45, 7) is 2.24. The fourth-order valence-corrected chi connectivity index (χ4v) is 4.27. The van der Waals surface area contributed by atoms with E-state index in [1.54, 1.807) is 0 Å². The van der Waals surface area contributed by atoms with Gasteiger partial charge in [0.25, 0.3) is 0 Å². The average molecular weight is 233 g/mol. The third-order valence-electron chi connectivity index (χ3n) is 5.38. The van der Waals surface area contributed by atoms with Crippen molar-refractivity contribution in [3.63, 3.8) is 0 Å². The second kappa shape index (κ2) is 3.72. The minimum atomic E-state index is -0.642. The Kier molecular flexibility index (Phi) is 2.52. The molecule has 3 aliphatic carbocycles. The smallest absolute Gasteiger partial charge is 0.0889 e. The average Bonchev–Trinajstić information content (AvgIpc) is 3.20. The molecular formula is C15H23NO. The highest BCUT2D eigenvalue weighted by Gasteiger charge is 2.65. The van der Waals surface area contributed by atoms with Crippen molar-refractivity contribution >= 4 is 0 Å². The van der Waals surface area contributed by atoms with Gasteiger partial charge in [-0.1, -0.05) is 19.8 Å². The van der Waals surface area contributed by atoms with Crippen LogP contribution in [0.2, 0.25) is 0 Å². The van der Waals surface area contributed by atoms with Crippen LogP contribution < -0.4 is 0 Å². The van der Waals surface area contributed by atoms with Crippen LogP contribution in [0, 0.1) is 34.5 Å². The van der Waals surface area contributed by atoms with Crippen molar-refractivity contribution < 1.29 is 5.11 Å². The van der Waals surface area contributed by atoms with Gasteiger partial charge in [-0.05, 0) is 56.3 Å². The van der Waals surface area contributed by atoms with Crippen LogP contribution in [0.15, 0.2) is 0 Å². The summed E-state index contributed by atoms with van der Waals surface area (Å²) < 4.78 is 0. The molecule has 1 N–H and O–H groups in total. The molecule has 0 aromatic heterocycles. The molecule has 94 valence electrons. The van der Waals surface area contributed by atoms with E-state index in [9.17, 15) is 10.4 Å². The van der Waals surface area contributed by atoms with E-state index in [4.69, 9.17) is 0 Å². The highest BCUT2D eigenvalue weighted by atomic mass is 16.3. The van der Waals surface area contributed by atoms with E-state index in [2.05, 4.69) is 13.0 Å². The van der Waals surface area contributed by atoms with Gasteiger partial charge in [0.05, 0.1) is 17.1 Å². The molecule has 2 nitrogen and oxygen atoms in total.